The number of benzene rings is 3. The van der Waals surface area contributed by atoms with Crippen LogP contribution in [-0.2, 0) is 47.5 Å². The average Bonchev–Trinajstić information content (AvgIpc) is 3.77. The number of hydrogen-bond donors (Lipinski definition) is 4. The van der Waals surface area contributed by atoms with E-state index < -0.39 is 53.4 Å². The highest BCUT2D eigenvalue weighted by atomic mass is 79.9. The summed E-state index contributed by atoms with van der Waals surface area (Å²) >= 11 is 6.83. The number of nitrogens with one attached hydrogen (secondary N) is 3. The van der Waals surface area contributed by atoms with Crippen LogP contribution in [0.5, 0.6) is 0 Å². The Hall–Kier alpha value is -6.25. The molecule has 4 N–H and O–H groups in total. The zero-order chi connectivity index (χ0) is 55.2. The van der Waals surface area contributed by atoms with Gasteiger partial charge in [-0.05, 0) is 108 Å². The summed E-state index contributed by atoms with van der Waals surface area (Å²) in [6, 6.07) is 14.6. The highest BCUT2D eigenvalue weighted by Crippen LogP contribution is 2.50. The summed E-state index contributed by atoms with van der Waals surface area (Å²) in [5, 5.41) is 14.5. The Morgan fingerprint density at radius 2 is 1.61 bits per heavy atom. The number of allylic oxidation sites excluding steroid dienone is 6. The van der Waals surface area contributed by atoms with Gasteiger partial charge in [0.25, 0.3) is 0 Å². The van der Waals surface area contributed by atoms with E-state index in [0.717, 1.165) is 48.9 Å². The number of halogens is 5. The van der Waals surface area contributed by atoms with E-state index in [4.69, 9.17) is 19.3 Å². The van der Waals surface area contributed by atoms with Gasteiger partial charge >= 0.3 is 12.1 Å². The first-order valence-corrected chi connectivity index (χ1v) is 28.5. The van der Waals surface area contributed by atoms with Crippen LogP contribution in [-0.4, -0.2) is 119 Å². The lowest BCUT2D eigenvalue weighted by Crippen LogP contribution is -2.45. The zero-order valence-electron chi connectivity index (χ0n) is 41.2. The van der Waals surface area contributed by atoms with Crippen molar-refractivity contribution in [3.05, 3.63) is 115 Å². The molecule has 3 aromatic rings. The van der Waals surface area contributed by atoms with E-state index in [-0.39, 0.29) is 36.8 Å². The highest BCUT2D eigenvalue weighted by Gasteiger charge is 2.48. The highest BCUT2D eigenvalue weighted by molar-refractivity contribution is 9.13. The molecule has 3 aliphatic carbocycles. The first-order valence-electron chi connectivity index (χ1n) is 24.0. The maximum atomic E-state index is 14.3. The van der Waals surface area contributed by atoms with Gasteiger partial charge in [-0.25, -0.2) is 30.9 Å². The van der Waals surface area contributed by atoms with Crippen LogP contribution in [0.25, 0.3) is 33.4 Å². The molecule has 3 aliphatic heterocycles. The van der Waals surface area contributed by atoms with Crippen molar-refractivity contribution in [2.75, 3.05) is 57.3 Å². The number of carboxylic acids is 1. The fourth-order valence-electron chi connectivity index (χ4n) is 10.0. The Bertz CT molecular complexity index is 3640. The van der Waals surface area contributed by atoms with Gasteiger partial charge in [0.15, 0.2) is 0 Å². The predicted octanol–water partition coefficient (Wildman–Crippen LogP) is 6.21. The number of hydrogen-bond acceptors (Lipinski definition) is 13. The minimum atomic E-state index is -5.27. The number of rotatable bonds is 14. The quantitative estimate of drug-likeness (QED) is 0.0418. The molecule has 18 nitrogen and oxygen atoms in total. The molecule has 6 aliphatic rings. The van der Waals surface area contributed by atoms with Crippen LogP contribution in [0.15, 0.2) is 112 Å². The molecule has 1 spiro atoms. The Kier molecular flexibility index (Phi) is 15.9. The van der Waals surface area contributed by atoms with Crippen molar-refractivity contribution >= 4 is 97.8 Å². The Balaban J connectivity index is 0.00000102. The lowest BCUT2D eigenvalue weighted by Gasteiger charge is -2.41. The number of amides is 1. The van der Waals surface area contributed by atoms with Crippen LogP contribution < -0.4 is 30.2 Å². The molecule has 0 saturated carbocycles. The van der Waals surface area contributed by atoms with Gasteiger partial charge in [0, 0.05) is 102 Å². The SMILES string of the molecule is CCN(CC)c1ccc2c(-c3ccc(S(=O)(=O)NCCNC(=O)Cn4cc5c6c4C(=O)C4=C(C6=NCC5)C5(C=C(Br)C(=O)C(Br)=C5)CCN4)cc3S(=O)(=O)[O-])c3ccc(=[N+](CC)CC)cc-3oc2c1.O=C(O)C(F)(F)F. The molecular formula is C51H50Br2F3N7O11S2. The van der Waals surface area contributed by atoms with Gasteiger partial charge in [0.05, 0.1) is 36.2 Å². The van der Waals surface area contributed by atoms with Gasteiger partial charge in [0.1, 0.15) is 46.8 Å². The molecule has 0 radical (unpaired) electrons. The molecule has 0 saturated heterocycles. The smallest absolute Gasteiger partial charge is 0.490 e. The van der Waals surface area contributed by atoms with E-state index >= 15 is 0 Å². The van der Waals surface area contributed by atoms with Crippen molar-refractivity contribution in [1.29, 1.82) is 0 Å². The summed E-state index contributed by atoms with van der Waals surface area (Å²) < 4.78 is 112. The molecular weight excluding hydrogens is 1170 g/mol. The number of carbonyl (C=O) groups excluding carboxylic acids is 3. The number of alkyl halides is 3. The fourth-order valence-corrected chi connectivity index (χ4v) is 13.4. The lowest BCUT2D eigenvalue weighted by atomic mass is 9.66. The summed E-state index contributed by atoms with van der Waals surface area (Å²) in [4.78, 5) is 55.2. The number of aromatic nitrogens is 1. The Morgan fingerprint density at radius 3 is 2.24 bits per heavy atom. The first kappa shape index (κ1) is 56.0. The fraction of sp³-hybridized carbons (Fsp3) is 0.333. The maximum absolute atomic E-state index is 14.3. The maximum Gasteiger partial charge on any atom is 0.490 e. The van der Waals surface area contributed by atoms with Crippen LogP contribution in [0.2, 0.25) is 0 Å². The topological polar surface area (TPSA) is 253 Å². The summed E-state index contributed by atoms with van der Waals surface area (Å²) in [6.45, 7) is 11.3. The number of ketones is 2. The molecule has 0 bridgehead atoms. The number of aliphatic carboxylic acids is 1. The number of nitrogens with zero attached hydrogens (tertiary/aromatic N) is 4. The second-order valence-electron chi connectivity index (χ2n) is 17.9. The van der Waals surface area contributed by atoms with Crippen LogP contribution in [0.3, 0.4) is 0 Å². The Morgan fingerprint density at radius 1 is 0.934 bits per heavy atom. The number of fused-ring (bicyclic) bond motifs is 4. The van der Waals surface area contributed by atoms with Crippen LogP contribution in [0.1, 0.15) is 55.7 Å². The van der Waals surface area contributed by atoms with E-state index in [9.17, 15) is 48.9 Å². The van der Waals surface area contributed by atoms with Crippen molar-refractivity contribution in [2.24, 2.45) is 10.4 Å². The molecule has 9 rings (SSSR count). The van der Waals surface area contributed by atoms with Crippen molar-refractivity contribution in [1.82, 2.24) is 24.5 Å². The van der Waals surface area contributed by atoms with Crippen LogP contribution in [0, 0.1) is 5.41 Å². The van der Waals surface area contributed by atoms with E-state index in [1.807, 2.05) is 76.2 Å². The molecule has 0 unspecified atom stereocenters. The van der Waals surface area contributed by atoms with Gasteiger partial charge in [-0.2, -0.15) is 13.2 Å². The summed E-state index contributed by atoms with van der Waals surface area (Å²) in [5.41, 5.74) is 5.01. The van der Waals surface area contributed by atoms with E-state index in [0.29, 0.717) is 91.0 Å². The summed E-state index contributed by atoms with van der Waals surface area (Å²) in [5.74, 6) is -3.30. The third kappa shape index (κ3) is 10.7. The molecule has 25 heteroatoms. The van der Waals surface area contributed by atoms with Gasteiger partial charge in [-0.3, -0.25) is 19.4 Å². The van der Waals surface area contributed by atoms with E-state index in [1.54, 1.807) is 10.8 Å². The number of carbonyl (C=O) groups is 4. The van der Waals surface area contributed by atoms with Crippen molar-refractivity contribution in [3.8, 4) is 22.5 Å². The molecule has 1 amide bonds. The number of sulfonamides is 1. The minimum Gasteiger partial charge on any atom is -0.744 e. The van der Waals surface area contributed by atoms with Crippen molar-refractivity contribution in [2.45, 2.75) is 63.0 Å². The van der Waals surface area contributed by atoms with Gasteiger partial charge in [-0.15, -0.1) is 0 Å². The van der Waals surface area contributed by atoms with E-state index in [1.165, 1.54) is 12.1 Å². The molecule has 4 heterocycles. The molecule has 2 aromatic carbocycles. The van der Waals surface area contributed by atoms with Crippen molar-refractivity contribution < 1.29 is 63.3 Å². The third-order valence-corrected chi connectivity index (χ3v) is 17.0. The number of aliphatic imine (C=N–C) groups is 1. The van der Waals surface area contributed by atoms with Crippen LogP contribution >= 0.6 is 31.9 Å². The number of anilines is 1. The van der Waals surface area contributed by atoms with Gasteiger partial charge < -0.3 is 34.2 Å². The zero-order valence-corrected chi connectivity index (χ0v) is 46.0. The number of carboxylic acid groups (broad SMARTS) is 1. The lowest BCUT2D eigenvalue weighted by molar-refractivity contribution is -0.192. The van der Waals surface area contributed by atoms with Gasteiger partial charge in [0.2, 0.25) is 32.9 Å². The third-order valence-electron chi connectivity index (χ3n) is 13.5. The van der Waals surface area contributed by atoms with Crippen molar-refractivity contribution in [3.63, 3.8) is 0 Å². The minimum absolute atomic E-state index is 0.0161. The molecule has 0 fully saturated rings. The van der Waals surface area contributed by atoms with E-state index in [2.05, 4.69) is 56.7 Å². The largest absolute Gasteiger partial charge is 0.744 e. The van der Waals surface area contributed by atoms with Crippen LogP contribution in [0.4, 0.5) is 18.9 Å². The predicted molar refractivity (Wildman–Crippen MR) is 283 cm³/mol. The average molecular weight is 1220 g/mol. The second-order valence-corrected chi connectivity index (χ2v) is 22.8. The number of Topliss-reactive ketones (excluding diaryl/α,β-unsaturated/α-hetero) is 2. The monoisotopic (exact) mass is 1220 g/mol. The Labute approximate surface area is 451 Å². The molecule has 402 valence electrons. The standard InChI is InChI=1S/C49H49Br2N7O9S2.C2HF3O2/c1-5-56(6-2)29-9-12-32-37(21-29)67-38-22-30(57(7-3)8-4)10-13-33(38)42(32)34-14-11-31(23-39(34)69(64,65)66)68(62,63)55-20-19-52-40(59)27-58-26-28-15-17-53-44-41(28)46(58)48(61)45-43(44)49(16-18-54-45)24-35(50)47(60)36(51)25-49;3-2(4,5)1(6)7/h9-14,21-26,55H,5-8,15-20,27H2,1-4H3,(H2-,52,53,54,59,64,65,66);(H,6,7). The molecule has 76 heavy (non-hydrogen) atoms. The molecule has 1 aromatic heterocycles. The first-order chi connectivity index (χ1) is 35.9. The second kappa shape index (κ2) is 21.6. The van der Waals surface area contributed by atoms with Gasteiger partial charge in [-0.1, -0.05) is 18.2 Å². The summed E-state index contributed by atoms with van der Waals surface area (Å²) in [6.07, 6.45) is 1.49. The molecule has 0 atom stereocenters. The normalized spacial score (nSPS) is 16.0. The summed E-state index contributed by atoms with van der Waals surface area (Å²) in [7, 11) is -9.69.